The number of anilines is 1. The average Bonchev–Trinajstić information content (AvgIpc) is 2.83. The zero-order valence-corrected chi connectivity index (χ0v) is 15.3. The summed E-state index contributed by atoms with van der Waals surface area (Å²) in [5.41, 5.74) is 0. The number of nitrogens with one attached hydrogen (secondary N) is 1. The van der Waals surface area contributed by atoms with Crippen molar-refractivity contribution in [1.29, 1.82) is 0 Å². The van der Waals surface area contributed by atoms with E-state index in [4.69, 9.17) is 4.74 Å². The van der Waals surface area contributed by atoms with Crippen molar-refractivity contribution in [2.45, 2.75) is 50.1 Å². The van der Waals surface area contributed by atoms with E-state index in [0.717, 1.165) is 69.8 Å². The van der Waals surface area contributed by atoms with Crippen LogP contribution < -0.4 is 10.2 Å². The normalized spacial score (nSPS) is 22.5. The number of aromatic nitrogens is 3. The Morgan fingerprint density at radius 2 is 2.08 bits per heavy atom. The lowest BCUT2D eigenvalue weighted by atomic mass is 10.2. The molecule has 1 aromatic heterocycles. The van der Waals surface area contributed by atoms with Crippen molar-refractivity contribution in [2.75, 3.05) is 37.7 Å². The van der Waals surface area contributed by atoms with Gasteiger partial charge in [-0.05, 0) is 18.8 Å². The smallest absolute Gasteiger partial charge is 0.233 e. The highest BCUT2D eigenvalue weighted by Gasteiger charge is 2.27. The molecule has 0 spiro atoms. The molecule has 2 saturated heterocycles. The van der Waals surface area contributed by atoms with Crippen molar-refractivity contribution >= 4 is 23.6 Å². The minimum Gasteiger partial charge on any atom is -0.378 e. The van der Waals surface area contributed by atoms with Crippen LogP contribution >= 0.6 is 11.8 Å². The maximum atomic E-state index is 12.2. The number of amides is 1. The van der Waals surface area contributed by atoms with Gasteiger partial charge < -0.3 is 15.0 Å². The van der Waals surface area contributed by atoms with Crippen molar-refractivity contribution in [1.82, 2.24) is 20.1 Å². The molecule has 1 unspecified atom stereocenters. The fraction of sp³-hybridized carbons (Fsp3) is 0.812. The summed E-state index contributed by atoms with van der Waals surface area (Å²) in [4.78, 5) is 14.5. The van der Waals surface area contributed by atoms with Gasteiger partial charge in [0.15, 0.2) is 5.16 Å². The van der Waals surface area contributed by atoms with E-state index in [9.17, 15) is 4.79 Å². The molecule has 1 N–H and O–H groups in total. The maximum absolute atomic E-state index is 12.2. The average molecular weight is 353 g/mol. The minimum atomic E-state index is -0.0693. The van der Waals surface area contributed by atoms with Gasteiger partial charge in [-0.15, -0.1) is 10.2 Å². The summed E-state index contributed by atoms with van der Waals surface area (Å²) in [6.45, 7) is 9.15. The van der Waals surface area contributed by atoms with Gasteiger partial charge in [0, 0.05) is 26.2 Å². The number of morpholine rings is 1. The number of carbonyl (C=O) groups is 1. The molecular weight excluding hydrogens is 326 g/mol. The van der Waals surface area contributed by atoms with Crippen LogP contribution in [-0.4, -0.2) is 58.8 Å². The second-order valence-corrected chi connectivity index (χ2v) is 7.95. The van der Waals surface area contributed by atoms with Crippen LogP contribution in [0.4, 0.5) is 5.95 Å². The third-order valence-corrected chi connectivity index (χ3v) is 5.52. The van der Waals surface area contributed by atoms with E-state index in [1.54, 1.807) is 11.8 Å². The molecule has 7 nitrogen and oxygen atoms in total. The Hall–Kier alpha value is -1.28. The number of thioether (sulfide) groups is 1. The first kappa shape index (κ1) is 17.5. The second-order valence-electron chi connectivity index (χ2n) is 6.78. The molecule has 0 saturated carbocycles. The van der Waals surface area contributed by atoms with E-state index in [1.165, 1.54) is 0 Å². The zero-order chi connectivity index (χ0) is 16.9. The van der Waals surface area contributed by atoms with Crippen molar-refractivity contribution in [3.8, 4) is 0 Å². The number of rotatable bonds is 5. The van der Waals surface area contributed by atoms with E-state index < -0.39 is 0 Å². The van der Waals surface area contributed by atoms with Crippen LogP contribution in [0.15, 0.2) is 5.16 Å². The molecule has 2 aliphatic heterocycles. The summed E-state index contributed by atoms with van der Waals surface area (Å²) in [6.07, 6.45) is 3.03. The molecule has 3 heterocycles. The molecule has 134 valence electrons. The van der Waals surface area contributed by atoms with Crippen molar-refractivity contribution < 1.29 is 9.53 Å². The summed E-state index contributed by atoms with van der Waals surface area (Å²) in [7, 11) is 0. The van der Waals surface area contributed by atoms with Gasteiger partial charge in [0.25, 0.3) is 0 Å². The summed E-state index contributed by atoms with van der Waals surface area (Å²) < 4.78 is 7.62. The maximum Gasteiger partial charge on any atom is 0.233 e. The molecule has 0 aromatic carbocycles. The lowest BCUT2D eigenvalue weighted by Crippen LogP contribution is -2.38. The van der Waals surface area contributed by atoms with E-state index >= 15 is 0 Å². The predicted octanol–water partition coefficient (Wildman–Crippen LogP) is 1.53. The lowest BCUT2D eigenvalue weighted by molar-refractivity contribution is -0.120. The highest BCUT2D eigenvalue weighted by molar-refractivity contribution is 8.00. The third kappa shape index (κ3) is 4.22. The highest BCUT2D eigenvalue weighted by atomic mass is 32.2. The molecule has 0 aliphatic carbocycles. The van der Waals surface area contributed by atoms with Crippen LogP contribution in [0, 0.1) is 5.92 Å². The molecule has 2 fully saturated rings. The van der Waals surface area contributed by atoms with Gasteiger partial charge in [-0.1, -0.05) is 32.0 Å². The van der Waals surface area contributed by atoms with E-state index in [2.05, 4.69) is 38.8 Å². The quantitative estimate of drug-likeness (QED) is 0.866. The number of ether oxygens (including phenoxy) is 1. The largest absolute Gasteiger partial charge is 0.378 e. The van der Waals surface area contributed by atoms with Gasteiger partial charge in [0.05, 0.1) is 18.5 Å². The first-order valence-electron chi connectivity index (χ1n) is 8.85. The summed E-state index contributed by atoms with van der Waals surface area (Å²) in [5.74, 6) is 1.52. The molecule has 1 atom stereocenters. The fourth-order valence-corrected chi connectivity index (χ4v) is 4.14. The zero-order valence-electron chi connectivity index (χ0n) is 14.5. The standard InChI is InChI=1S/C16H27N5O2S/c1-12(2)11-21-15(20-7-9-23-10-8-20)18-19-16(21)24-13-5-3-4-6-17-14(13)22/h12-13H,3-11H2,1-2H3,(H,17,22). The monoisotopic (exact) mass is 353 g/mol. The number of nitrogens with zero attached hydrogens (tertiary/aromatic N) is 4. The molecule has 24 heavy (non-hydrogen) atoms. The van der Waals surface area contributed by atoms with Crippen molar-refractivity contribution in [3.05, 3.63) is 0 Å². The topological polar surface area (TPSA) is 72.3 Å². The number of carbonyl (C=O) groups excluding carboxylic acids is 1. The summed E-state index contributed by atoms with van der Waals surface area (Å²) in [6, 6.07) is 0. The SMILES string of the molecule is CC(C)Cn1c(SC2CCCCNC2=O)nnc1N1CCOCC1. The Labute approximate surface area is 147 Å². The van der Waals surface area contributed by atoms with E-state index in [0.29, 0.717) is 5.92 Å². The highest BCUT2D eigenvalue weighted by Crippen LogP contribution is 2.30. The van der Waals surface area contributed by atoms with Gasteiger partial charge in [0.1, 0.15) is 0 Å². The molecule has 2 aliphatic rings. The Kier molecular flexibility index (Phi) is 5.99. The first-order chi connectivity index (χ1) is 11.6. The number of hydrogen-bond donors (Lipinski definition) is 1. The lowest BCUT2D eigenvalue weighted by Gasteiger charge is -2.28. The molecule has 8 heteroatoms. The van der Waals surface area contributed by atoms with Crippen LogP contribution in [0.3, 0.4) is 0 Å². The Bertz CT molecular complexity index is 557. The molecule has 3 rings (SSSR count). The van der Waals surface area contributed by atoms with Crippen molar-refractivity contribution in [3.63, 3.8) is 0 Å². The summed E-state index contributed by atoms with van der Waals surface area (Å²) >= 11 is 1.56. The second kappa shape index (κ2) is 8.20. The van der Waals surface area contributed by atoms with Crippen LogP contribution in [0.25, 0.3) is 0 Å². The molecular formula is C16H27N5O2S. The number of hydrogen-bond acceptors (Lipinski definition) is 6. The van der Waals surface area contributed by atoms with E-state index in [-0.39, 0.29) is 11.2 Å². The van der Waals surface area contributed by atoms with Crippen molar-refractivity contribution in [2.24, 2.45) is 5.92 Å². The minimum absolute atomic E-state index is 0.0693. The fourth-order valence-electron chi connectivity index (χ4n) is 3.04. The molecule has 0 bridgehead atoms. The molecule has 1 aromatic rings. The van der Waals surface area contributed by atoms with E-state index in [1.807, 2.05) is 0 Å². The van der Waals surface area contributed by atoms with Gasteiger partial charge >= 0.3 is 0 Å². The molecule has 0 radical (unpaired) electrons. The Morgan fingerprint density at radius 1 is 1.29 bits per heavy atom. The predicted molar refractivity (Wildman–Crippen MR) is 94.4 cm³/mol. The van der Waals surface area contributed by atoms with Crippen LogP contribution in [0.1, 0.15) is 33.1 Å². The van der Waals surface area contributed by atoms with Gasteiger partial charge in [-0.2, -0.15) is 0 Å². The Balaban J connectivity index is 1.80. The van der Waals surface area contributed by atoms with Gasteiger partial charge in [-0.3, -0.25) is 9.36 Å². The van der Waals surface area contributed by atoms with Crippen LogP contribution in [-0.2, 0) is 16.1 Å². The van der Waals surface area contributed by atoms with Gasteiger partial charge in [-0.25, -0.2) is 0 Å². The summed E-state index contributed by atoms with van der Waals surface area (Å²) in [5, 5.41) is 12.6. The Morgan fingerprint density at radius 3 is 2.83 bits per heavy atom. The van der Waals surface area contributed by atoms with Gasteiger partial charge in [0.2, 0.25) is 11.9 Å². The first-order valence-corrected chi connectivity index (χ1v) is 9.73. The molecule has 1 amide bonds. The van der Waals surface area contributed by atoms with Crippen LogP contribution in [0.5, 0.6) is 0 Å². The third-order valence-electron chi connectivity index (χ3n) is 4.27. The van der Waals surface area contributed by atoms with Crippen LogP contribution in [0.2, 0.25) is 0 Å².